The monoisotopic (exact) mass is 342 g/mol. The van der Waals surface area contributed by atoms with Gasteiger partial charge in [-0.25, -0.2) is 9.82 Å². The molecule has 1 unspecified atom stereocenters. The van der Waals surface area contributed by atoms with Gasteiger partial charge in [-0.2, -0.15) is 0 Å². The Morgan fingerprint density at radius 3 is 2.47 bits per heavy atom. The topological polar surface area (TPSA) is 38.0 Å². The minimum absolute atomic E-state index is 0.265. The first kappa shape index (κ1) is 14.5. The highest BCUT2D eigenvalue weighted by Crippen LogP contribution is 2.31. The highest BCUT2D eigenvalue weighted by Gasteiger charge is 2.17. The van der Waals surface area contributed by atoms with Crippen LogP contribution in [0.5, 0.6) is 0 Å². The number of hydrogen-bond acceptors (Lipinski definition) is 2. The smallest absolute Gasteiger partial charge is 0.123 e. The van der Waals surface area contributed by atoms with E-state index in [0.29, 0.717) is 5.02 Å². The highest BCUT2D eigenvalue weighted by molar-refractivity contribution is 9.10. The van der Waals surface area contributed by atoms with E-state index in [9.17, 15) is 4.39 Å². The van der Waals surface area contributed by atoms with E-state index < -0.39 is 0 Å². The molecule has 0 saturated carbocycles. The number of nitrogens with two attached hydrogens (primary N) is 1. The summed E-state index contributed by atoms with van der Waals surface area (Å²) in [7, 11) is 0. The molecule has 0 saturated heterocycles. The second-order valence-corrected chi connectivity index (χ2v) is 5.59. The van der Waals surface area contributed by atoms with Gasteiger partial charge in [0, 0.05) is 9.50 Å². The van der Waals surface area contributed by atoms with Crippen molar-refractivity contribution in [1.82, 2.24) is 5.43 Å². The van der Waals surface area contributed by atoms with Gasteiger partial charge >= 0.3 is 0 Å². The Kier molecular flexibility index (Phi) is 4.58. The summed E-state index contributed by atoms with van der Waals surface area (Å²) in [6, 6.07) is 9.92. The molecule has 100 valence electrons. The van der Waals surface area contributed by atoms with E-state index >= 15 is 0 Å². The van der Waals surface area contributed by atoms with Crippen molar-refractivity contribution in [3.8, 4) is 0 Å². The molecule has 2 rings (SSSR count). The normalized spacial score (nSPS) is 12.5. The Labute approximate surface area is 124 Å². The number of halogens is 3. The van der Waals surface area contributed by atoms with Crippen molar-refractivity contribution in [2.75, 3.05) is 0 Å². The van der Waals surface area contributed by atoms with Gasteiger partial charge in [-0.05, 0) is 47.9 Å². The fourth-order valence-electron chi connectivity index (χ4n) is 2.05. The van der Waals surface area contributed by atoms with Gasteiger partial charge in [-0.3, -0.25) is 5.84 Å². The summed E-state index contributed by atoms with van der Waals surface area (Å²) in [6.45, 7) is 1.84. The Hall–Kier alpha value is -0.940. The fourth-order valence-corrected chi connectivity index (χ4v) is 2.83. The number of hydrazine groups is 1. The van der Waals surface area contributed by atoms with Crippen LogP contribution in [0.1, 0.15) is 22.7 Å². The zero-order chi connectivity index (χ0) is 14.0. The standard InChI is InChI=1S/C14H13BrClFN2/c1-8-6-10(17)3-5-11(8)14(19-18)12-4-2-9(15)7-13(12)16/h2-7,14,19H,18H2,1H3. The van der Waals surface area contributed by atoms with Crippen molar-refractivity contribution in [2.45, 2.75) is 13.0 Å². The molecule has 0 radical (unpaired) electrons. The molecular weight excluding hydrogens is 331 g/mol. The third-order valence-corrected chi connectivity index (χ3v) is 3.80. The highest BCUT2D eigenvalue weighted by atomic mass is 79.9. The van der Waals surface area contributed by atoms with Crippen LogP contribution in [0.3, 0.4) is 0 Å². The Morgan fingerprint density at radius 1 is 1.21 bits per heavy atom. The minimum Gasteiger partial charge on any atom is -0.271 e. The summed E-state index contributed by atoms with van der Waals surface area (Å²) >= 11 is 9.60. The van der Waals surface area contributed by atoms with Gasteiger partial charge in [-0.15, -0.1) is 0 Å². The van der Waals surface area contributed by atoms with Crippen molar-refractivity contribution >= 4 is 27.5 Å². The number of benzene rings is 2. The molecule has 0 spiro atoms. The average molecular weight is 344 g/mol. The van der Waals surface area contributed by atoms with Crippen molar-refractivity contribution in [3.63, 3.8) is 0 Å². The summed E-state index contributed by atoms with van der Waals surface area (Å²) in [5.41, 5.74) is 5.30. The molecule has 0 aromatic heterocycles. The van der Waals surface area contributed by atoms with Crippen molar-refractivity contribution < 1.29 is 4.39 Å². The molecule has 0 fully saturated rings. The Balaban J connectivity index is 2.50. The van der Waals surface area contributed by atoms with Crippen LogP contribution in [0.25, 0.3) is 0 Å². The van der Waals surface area contributed by atoms with E-state index in [2.05, 4.69) is 21.4 Å². The molecule has 0 amide bonds. The van der Waals surface area contributed by atoms with E-state index in [1.165, 1.54) is 12.1 Å². The maximum Gasteiger partial charge on any atom is 0.123 e. The van der Waals surface area contributed by atoms with Crippen LogP contribution in [0.2, 0.25) is 5.02 Å². The average Bonchev–Trinajstić information content (AvgIpc) is 2.34. The van der Waals surface area contributed by atoms with Crippen molar-refractivity contribution in [3.05, 3.63) is 68.4 Å². The van der Waals surface area contributed by atoms with Gasteiger partial charge in [-0.1, -0.05) is 39.7 Å². The first-order chi connectivity index (χ1) is 9.02. The molecule has 0 aliphatic carbocycles. The largest absolute Gasteiger partial charge is 0.271 e. The van der Waals surface area contributed by atoms with Gasteiger partial charge in [0.2, 0.25) is 0 Å². The maximum absolute atomic E-state index is 13.2. The summed E-state index contributed by atoms with van der Waals surface area (Å²) < 4.78 is 14.1. The predicted octanol–water partition coefficient (Wildman–Crippen LogP) is 4.10. The lowest BCUT2D eigenvalue weighted by molar-refractivity contribution is 0.612. The lowest BCUT2D eigenvalue weighted by atomic mass is 9.95. The number of rotatable bonds is 3. The summed E-state index contributed by atoms with van der Waals surface area (Å²) in [5.74, 6) is 5.37. The molecule has 1 atom stereocenters. The van der Waals surface area contributed by atoms with E-state index in [1.807, 2.05) is 19.1 Å². The van der Waals surface area contributed by atoms with Crippen LogP contribution in [0.4, 0.5) is 4.39 Å². The summed E-state index contributed by atoms with van der Waals surface area (Å²) in [4.78, 5) is 0. The second kappa shape index (κ2) is 6.01. The van der Waals surface area contributed by atoms with Gasteiger partial charge in [0.05, 0.1) is 6.04 Å². The number of hydrogen-bond donors (Lipinski definition) is 2. The van der Waals surface area contributed by atoms with E-state index in [0.717, 1.165) is 21.2 Å². The van der Waals surface area contributed by atoms with Gasteiger partial charge in [0.15, 0.2) is 0 Å². The first-order valence-electron chi connectivity index (χ1n) is 5.70. The Bertz CT molecular complexity index is 552. The van der Waals surface area contributed by atoms with Gasteiger partial charge in [0.25, 0.3) is 0 Å². The molecule has 0 aliphatic rings. The fraction of sp³-hybridized carbons (Fsp3) is 0.143. The van der Waals surface area contributed by atoms with Crippen molar-refractivity contribution in [2.24, 2.45) is 5.84 Å². The van der Waals surface area contributed by atoms with Crippen LogP contribution in [-0.2, 0) is 0 Å². The second-order valence-electron chi connectivity index (χ2n) is 4.27. The lowest BCUT2D eigenvalue weighted by Crippen LogP contribution is -2.29. The molecule has 0 bridgehead atoms. The zero-order valence-corrected chi connectivity index (χ0v) is 12.6. The number of aryl methyl sites for hydroxylation is 1. The molecule has 0 aliphatic heterocycles. The molecule has 19 heavy (non-hydrogen) atoms. The van der Waals surface area contributed by atoms with Gasteiger partial charge < -0.3 is 0 Å². The molecule has 2 nitrogen and oxygen atoms in total. The maximum atomic E-state index is 13.2. The Morgan fingerprint density at radius 2 is 1.89 bits per heavy atom. The van der Waals surface area contributed by atoms with Crippen molar-refractivity contribution in [1.29, 1.82) is 0 Å². The van der Waals surface area contributed by atoms with E-state index in [1.54, 1.807) is 12.1 Å². The number of nitrogens with one attached hydrogen (secondary N) is 1. The zero-order valence-electron chi connectivity index (χ0n) is 10.3. The molecule has 0 heterocycles. The van der Waals surface area contributed by atoms with Crippen LogP contribution in [0.15, 0.2) is 40.9 Å². The summed E-state index contributed by atoms with van der Waals surface area (Å²) in [5, 5.41) is 0.598. The molecule has 2 aromatic rings. The van der Waals surface area contributed by atoms with Crippen LogP contribution in [0, 0.1) is 12.7 Å². The minimum atomic E-state index is -0.277. The first-order valence-corrected chi connectivity index (χ1v) is 6.87. The third kappa shape index (κ3) is 3.15. The summed E-state index contributed by atoms with van der Waals surface area (Å²) in [6.07, 6.45) is 0. The van der Waals surface area contributed by atoms with Crippen LogP contribution in [-0.4, -0.2) is 0 Å². The SMILES string of the molecule is Cc1cc(F)ccc1C(NN)c1ccc(Br)cc1Cl. The predicted molar refractivity (Wildman–Crippen MR) is 79.5 cm³/mol. The molecule has 3 N–H and O–H groups in total. The molecule has 2 aromatic carbocycles. The van der Waals surface area contributed by atoms with Gasteiger partial charge in [0.1, 0.15) is 5.82 Å². The molecular formula is C14H13BrClFN2. The van der Waals surface area contributed by atoms with Crippen LogP contribution >= 0.6 is 27.5 Å². The third-order valence-electron chi connectivity index (χ3n) is 2.98. The lowest BCUT2D eigenvalue weighted by Gasteiger charge is -2.20. The van der Waals surface area contributed by atoms with E-state index in [4.69, 9.17) is 17.4 Å². The molecule has 5 heteroatoms. The van der Waals surface area contributed by atoms with E-state index in [-0.39, 0.29) is 11.9 Å². The van der Waals surface area contributed by atoms with Crippen LogP contribution < -0.4 is 11.3 Å². The quantitative estimate of drug-likeness (QED) is 0.650.